The fraction of sp³-hybridized carbons (Fsp3) is 0.231. The molecule has 0 spiro atoms. The van der Waals surface area contributed by atoms with E-state index in [1.54, 1.807) is 0 Å². The van der Waals surface area contributed by atoms with Gasteiger partial charge in [0.05, 0.1) is 6.54 Å². The second-order valence-corrected chi connectivity index (χ2v) is 3.74. The molecule has 0 aliphatic carbocycles. The Hall–Kier alpha value is -1.70. The smallest absolute Gasteiger partial charge is 0.123 e. The highest BCUT2D eigenvalue weighted by Crippen LogP contribution is 2.12. The van der Waals surface area contributed by atoms with E-state index in [1.165, 1.54) is 5.56 Å². The molecule has 15 heavy (non-hydrogen) atoms. The maximum Gasteiger partial charge on any atom is 0.123 e. The normalized spacial score (nSPS) is 10.3. The van der Waals surface area contributed by atoms with E-state index in [9.17, 15) is 0 Å². The van der Waals surface area contributed by atoms with E-state index in [2.05, 4.69) is 30.4 Å². The zero-order chi connectivity index (χ0) is 10.7. The summed E-state index contributed by atoms with van der Waals surface area (Å²) in [4.78, 5) is 0. The molecule has 0 saturated carbocycles. The molecule has 0 aliphatic rings. The fourth-order valence-electron chi connectivity index (χ4n) is 1.52. The van der Waals surface area contributed by atoms with Crippen LogP contribution in [0.5, 0.6) is 0 Å². The lowest BCUT2D eigenvalue weighted by Crippen LogP contribution is -1.97. The van der Waals surface area contributed by atoms with Crippen molar-refractivity contribution in [2.75, 3.05) is 5.32 Å². The summed E-state index contributed by atoms with van der Waals surface area (Å²) in [7, 11) is 0. The largest absolute Gasteiger partial charge is 0.465 e. The Bertz CT molecular complexity index is 445. The van der Waals surface area contributed by atoms with E-state index in [4.69, 9.17) is 4.42 Å². The van der Waals surface area contributed by atoms with Gasteiger partial charge in [-0.05, 0) is 43.7 Å². The number of hydrogen-bond acceptors (Lipinski definition) is 2. The van der Waals surface area contributed by atoms with Crippen LogP contribution in [0.2, 0.25) is 0 Å². The van der Waals surface area contributed by atoms with Gasteiger partial charge in [-0.3, -0.25) is 0 Å². The lowest BCUT2D eigenvalue weighted by Gasteiger charge is -2.04. The van der Waals surface area contributed by atoms with Gasteiger partial charge >= 0.3 is 0 Å². The third kappa shape index (κ3) is 2.62. The first-order chi connectivity index (χ1) is 7.24. The van der Waals surface area contributed by atoms with Crippen LogP contribution in [0.1, 0.15) is 17.1 Å². The number of hydrogen-bond donors (Lipinski definition) is 1. The van der Waals surface area contributed by atoms with Crippen LogP contribution >= 0.6 is 0 Å². The van der Waals surface area contributed by atoms with Crippen molar-refractivity contribution in [2.45, 2.75) is 20.4 Å². The Morgan fingerprint density at radius 2 is 2.00 bits per heavy atom. The Morgan fingerprint density at radius 3 is 2.67 bits per heavy atom. The topological polar surface area (TPSA) is 25.2 Å². The van der Waals surface area contributed by atoms with Crippen molar-refractivity contribution in [3.63, 3.8) is 0 Å². The molecule has 2 nitrogen and oxygen atoms in total. The molecule has 1 heterocycles. The van der Waals surface area contributed by atoms with Crippen LogP contribution in [0.15, 0.2) is 40.8 Å². The zero-order valence-electron chi connectivity index (χ0n) is 9.08. The maximum absolute atomic E-state index is 5.47. The van der Waals surface area contributed by atoms with Crippen LogP contribution in [-0.2, 0) is 6.54 Å². The molecule has 0 amide bonds. The lowest BCUT2D eigenvalue weighted by molar-refractivity contribution is 0.490. The van der Waals surface area contributed by atoms with Gasteiger partial charge in [-0.15, -0.1) is 0 Å². The van der Waals surface area contributed by atoms with Gasteiger partial charge in [0.1, 0.15) is 11.5 Å². The first kappa shape index (κ1) is 9.84. The molecule has 1 aromatic carbocycles. The van der Waals surface area contributed by atoms with Crippen LogP contribution in [-0.4, -0.2) is 0 Å². The maximum atomic E-state index is 5.47. The molecule has 2 aromatic rings. The van der Waals surface area contributed by atoms with Crippen LogP contribution in [0.4, 0.5) is 5.69 Å². The summed E-state index contributed by atoms with van der Waals surface area (Å²) in [5.41, 5.74) is 2.39. The van der Waals surface area contributed by atoms with Crippen molar-refractivity contribution < 1.29 is 4.42 Å². The summed E-state index contributed by atoms with van der Waals surface area (Å²) in [5, 5.41) is 3.32. The van der Waals surface area contributed by atoms with Gasteiger partial charge in [0.15, 0.2) is 0 Å². The first-order valence-corrected chi connectivity index (χ1v) is 5.10. The summed E-state index contributed by atoms with van der Waals surface area (Å²) >= 11 is 0. The Kier molecular flexibility index (Phi) is 2.77. The molecule has 1 aromatic heterocycles. The van der Waals surface area contributed by atoms with E-state index < -0.39 is 0 Å². The average molecular weight is 201 g/mol. The minimum absolute atomic E-state index is 0.733. The molecule has 2 heteroatoms. The number of furan rings is 1. The summed E-state index contributed by atoms with van der Waals surface area (Å²) in [6, 6.07) is 12.3. The van der Waals surface area contributed by atoms with Crippen molar-refractivity contribution in [1.29, 1.82) is 0 Å². The van der Waals surface area contributed by atoms with Crippen molar-refractivity contribution >= 4 is 5.69 Å². The molecule has 0 aliphatic heterocycles. The van der Waals surface area contributed by atoms with Gasteiger partial charge in [0, 0.05) is 5.69 Å². The molecule has 0 bridgehead atoms. The molecule has 0 unspecified atom stereocenters. The highest BCUT2D eigenvalue weighted by molar-refractivity contribution is 5.45. The second kappa shape index (κ2) is 4.22. The van der Waals surface area contributed by atoms with Gasteiger partial charge in [-0.1, -0.05) is 12.1 Å². The number of aryl methyl sites for hydroxylation is 2. The third-order valence-electron chi connectivity index (χ3n) is 2.28. The van der Waals surface area contributed by atoms with E-state index >= 15 is 0 Å². The summed E-state index contributed by atoms with van der Waals surface area (Å²) in [6.07, 6.45) is 0. The van der Waals surface area contributed by atoms with Crippen LogP contribution < -0.4 is 5.32 Å². The first-order valence-electron chi connectivity index (χ1n) is 5.10. The van der Waals surface area contributed by atoms with Gasteiger partial charge in [0.2, 0.25) is 0 Å². The second-order valence-electron chi connectivity index (χ2n) is 3.74. The van der Waals surface area contributed by atoms with Crippen molar-refractivity contribution in [3.8, 4) is 0 Å². The molecule has 2 rings (SSSR count). The van der Waals surface area contributed by atoms with Crippen molar-refractivity contribution in [2.24, 2.45) is 0 Å². The molecule has 0 saturated heterocycles. The summed E-state index contributed by atoms with van der Waals surface area (Å²) in [5.74, 6) is 1.92. The average Bonchev–Trinajstić information content (AvgIpc) is 2.62. The standard InChI is InChI=1S/C13H15NO/c1-10-4-3-5-12(8-10)14-9-13-7-6-11(2)15-13/h3-8,14H,9H2,1-2H3. The Morgan fingerprint density at radius 1 is 1.13 bits per heavy atom. The molecule has 1 N–H and O–H groups in total. The van der Waals surface area contributed by atoms with E-state index in [1.807, 2.05) is 25.1 Å². The molecule has 78 valence electrons. The molecular formula is C13H15NO. The molecular weight excluding hydrogens is 186 g/mol. The monoisotopic (exact) mass is 201 g/mol. The third-order valence-corrected chi connectivity index (χ3v) is 2.28. The van der Waals surface area contributed by atoms with Crippen LogP contribution in [0.25, 0.3) is 0 Å². The minimum atomic E-state index is 0.733. The molecule has 0 fully saturated rings. The predicted octanol–water partition coefficient (Wildman–Crippen LogP) is 3.51. The van der Waals surface area contributed by atoms with E-state index in [-0.39, 0.29) is 0 Å². The van der Waals surface area contributed by atoms with Gasteiger partial charge < -0.3 is 9.73 Å². The highest BCUT2D eigenvalue weighted by Gasteiger charge is 1.98. The zero-order valence-corrected chi connectivity index (χ0v) is 9.08. The van der Waals surface area contributed by atoms with Crippen molar-refractivity contribution in [3.05, 3.63) is 53.5 Å². The highest BCUT2D eigenvalue weighted by atomic mass is 16.3. The minimum Gasteiger partial charge on any atom is -0.465 e. The summed E-state index contributed by atoms with van der Waals surface area (Å²) < 4.78 is 5.47. The Labute approximate surface area is 89.9 Å². The predicted molar refractivity (Wildman–Crippen MR) is 62.0 cm³/mol. The quantitative estimate of drug-likeness (QED) is 0.822. The van der Waals surface area contributed by atoms with Crippen LogP contribution in [0, 0.1) is 13.8 Å². The van der Waals surface area contributed by atoms with Gasteiger partial charge in [0.25, 0.3) is 0 Å². The van der Waals surface area contributed by atoms with Gasteiger partial charge in [-0.25, -0.2) is 0 Å². The fourth-order valence-corrected chi connectivity index (χ4v) is 1.52. The van der Waals surface area contributed by atoms with E-state index in [0.29, 0.717) is 0 Å². The Balaban J connectivity index is 1.99. The number of benzene rings is 1. The van der Waals surface area contributed by atoms with Gasteiger partial charge in [-0.2, -0.15) is 0 Å². The SMILES string of the molecule is Cc1cccc(NCc2ccc(C)o2)c1. The number of rotatable bonds is 3. The van der Waals surface area contributed by atoms with Crippen LogP contribution in [0.3, 0.4) is 0 Å². The molecule has 0 radical (unpaired) electrons. The number of anilines is 1. The van der Waals surface area contributed by atoms with E-state index in [0.717, 1.165) is 23.8 Å². The van der Waals surface area contributed by atoms with Crippen molar-refractivity contribution in [1.82, 2.24) is 0 Å². The lowest BCUT2D eigenvalue weighted by atomic mass is 10.2. The molecule has 0 atom stereocenters. The summed E-state index contributed by atoms with van der Waals surface area (Å²) in [6.45, 7) is 4.77. The number of nitrogens with one attached hydrogen (secondary N) is 1.